The van der Waals surface area contributed by atoms with E-state index < -0.39 is 0 Å². The van der Waals surface area contributed by atoms with Crippen molar-refractivity contribution in [2.24, 2.45) is 7.05 Å². The highest BCUT2D eigenvalue weighted by atomic mass is 32.2. The smallest absolute Gasteiger partial charge is 0.191 e. The lowest BCUT2D eigenvalue weighted by Gasteiger charge is -2.03. The van der Waals surface area contributed by atoms with Crippen molar-refractivity contribution in [2.75, 3.05) is 5.75 Å². The number of hydrogen-bond donors (Lipinski definition) is 1. The number of aryl methyl sites for hydroxylation is 1. The van der Waals surface area contributed by atoms with Gasteiger partial charge in [0.2, 0.25) is 0 Å². The van der Waals surface area contributed by atoms with Crippen LogP contribution in [0.5, 0.6) is 0 Å². The van der Waals surface area contributed by atoms with Gasteiger partial charge in [-0.15, -0.1) is 21.5 Å². The van der Waals surface area contributed by atoms with Gasteiger partial charge in [0.15, 0.2) is 10.9 Å². The Balaban J connectivity index is 1.48. The SMILES string of the molecule is CCc1cccc2c(C(=O)CSc3nnc(Cc4cccs4)n3C)c[nH]c12. The number of rotatable bonds is 7. The summed E-state index contributed by atoms with van der Waals surface area (Å²) in [5, 5.41) is 12.4. The fourth-order valence-electron chi connectivity index (χ4n) is 3.14. The van der Waals surface area contributed by atoms with Gasteiger partial charge in [0.1, 0.15) is 5.82 Å². The molecule has 0 unspecified atom stereocenters. The Bertz CT molecular complexity index is 1080. The van der Waals surface area contributed by atoms with E-state index in [9.17, 15) is 4.79 Å². The molecule has 3 aromatic heterocycles. The van der Waals surface area contributed by atoms with Gasteiger partial charge < -0.3 is 9.55 Å². The summed E-state index contributed by atoms with van der Waals surface area (Å²) in [6, 6.07) is 10.2. The second-order valence-electron chi connectivity index (χ2n) is 6.32. The predicted octanol–water partition coefficient (Wildman–Crippen LogP) is 4.49. The number of thioether (sulfide) groups is 1. The molecule has 3 heterocycles. The molecule has 0 fully saturated rings. The number of aromatic amines is 1. The summed E-state index contributed by atoms with van der Waals surface area (Å²) >= 11 is 3.15. The van der Waals surface area contributed by atoms with Gasteiger partial charge in [0, 0.05) is 41.0 Å². The number of nitrogens with zero attached hydrogens (tertiary/aromatic N) is 3. The Morgan fingerprint density at radius 3 is 2.93 bits per heavy atom. The van der Waals surface area contributed by atoms with Crippen molar-refractivity contribution < 1.29 is 4.79 Å². The van der Waals surface area contributed by atoms with E-state index in [1.165, 1.54) is 22.2 Å². The number of thiophene rings is 1. The summed E-state index contributed by atoms with van der Waals surface area (Å²) in [4.78, 5) is 17.3. The third-order valence-electron chi connectivity index (χ3n) is 4.65. The summed E-state index contributed by atoms with van der Waals surface area (Å²) in [6.45, 7) is 2.12. The Kier molecular flexibility index (Phi) is 5.13. The summed E-state index contributed by atoms with van der Waals surface area (Å²) < 4.78 is 1.97. The molecular weight excluding hydrogens is 376 g/mol. The third-order valence-corrected chi connectivity index (χ3v) is 6.55. The number of H-pyrrole nitrogens is 1. The quantitative estimate of drug-likeness (QED) is 0.369. The van der Waals surface area contributed by atoms with Crippen molar-refractivity contribution in [3.05, 3.63) is 63.7 Å². The molecule has 4 aromatic rings. The minimum Gasteiger partial charge on any atom is -0.360 e. The van der Waals surface area contributed by atoms with Crippen molar-refractivity contribution >= 4 is 39.8 Å². The normalized spacial score (nSPS) is 11.3. The van der Waals surface area contributed by atoms with Crippen LogP contribution in [0.3, 0.4) is 0 Å². The van der Waals surface area contributed by atoms with E-state index in [1.54, 1.807) is 11.3 Å². The Morgan fingerprint density at radius 2 is 2.15 bits per heavy atom. The Hall–Kier alpha value is -2.38. The van der Waals surface area contributed by atoms with Crippen LogP contribution in [0.25, 0.3) is 10.9 Å². The molecule has 0 atom stereocenters. The van der Waals surface area contributed by atoms with E-state index in [2.05, 4.69) is 39.6 Å². The maximum absolute atomic E-state index is 12.8. The van der Waals surface area contributed by atoms with E-state index in [1.807, 2.05) is 36.0 Å². The number of fused-ring (bicyclic) bond motifs is 1. The van der Waals surface area contributed by atoms with E-state index in [0.717, 1.165) is 40.3 Å². The monoisotopic (exact) mass is 396 g/mol. The molecule has 0 aliphatic rings. The molecule has 0 radical (unpaired) electrons. The number of benzene rings is 1. The minimum absolute atomic E-state index is 0.0994. The topological polar surface area (TPSA) is 63.6 Å². The molecule has 27 heavy (non-hydrogen) atoms. The molecule has 0 spiro atoms. The molecule has 138 valence electrons. The van der Waals surface area contributed by atoms with Crippen LogP contribution in [0.4, 0.5) is 0 Å². The number of hydrogen-bond acceptors (Lipinski definition) is 5. The molecule has 0 aliphatic carbocycles. The average Bonchev–Trinajstić information content (AvgIpc) is 3.41. The van der Waals surface area contributed by atoms with Gasteiger partial charge in [0.05, 0.1) is 5.75 Å². The molecule has 0 amide bonds. The molecule has 4 rings (SSSR count). The molecule has 5 nitrogen and oxygen atoms in total. The lowest BCUT2D eigenvalue weighted by molar-refractivity contribution is 0.102. The largest absolute Gasteiger partial charge is 0.360 e. The predicted molar refractivity (Wildman–Crippen MR) is 111 cm³/mol. The maximum Gasteiger partial charge on any atom is 0.191 e. The molecule has 1 aromatic carbocycles. The van der Waals surface area contributed by atoms with Crippen LogP contribution in [0, 0.1) is 0 Å². The van der Waals surface area contributed by atoms with Crippen molar-refractivity contribution in [3.63, 3.8) is 0 Å². The van der Waals surface area contributed by atoms with Gasteiger partial charge >= 0.3 is 0 Å². The van der Waals surface area contributed by atoms with Crippen LogP contribution in [-0.4, -0.2) is 31.3 Å². The molecule has 7 heteroatoms. The second kappa shape index (κ2) is 7.70. The van der Waals surface area contributed by atoms with Crippen LogP contribution < -0.4 is 0 Å². The molecule has 0 saturated carbocycles. The van der Waals surface area contributed by atoms with Crippen LogP contribution in [0.2, 0.25) is 0 Å². The highest BCUT2D eigenvalue weighted by Gasteiger charge is 2.16. The van der Waals surface area contributed by atoms with E-state index in [0.29, 0.717) is 5.75 Å². The average molecular weight is 397 g/mol. The first-order valence-electron chi connectivity index (χ1n) is 8.83. The molecule has 0 saturated heterocycles. The maximum atomic E-state index is 12.8. The summed E-state index contributed by atoms with van der Waals surface area (Å²) in [5.41, 5.74) is 3.03. The number of Topliss-reactive ketones (excluding diaryl/α,β-unsaturated/α-hetero) is 1. The van der Waals surface area contributed by atoms with Gasteiger partial charge in [-0.25, -0.2) is 0 Å². The van der Waals surface area contributed by atoms with E-state index in [4.69, 9.17) is 0 Å². The first-order valence-corrected chi connectivity index (χ1v) is 10.7. The summed E-state index contributed by atoms with van der Waals surface area (Å²) in [6.07, 6.45) is 3.52. The Morgan fingerprint density at radius 1 is 1.26 bits per heavy atom. The number of carbonyl (C=O) groups is 1. The zero-order chi connectivity index (χ0) is 18.8. The van der Waals surface area contributed by atoms with Gasteiger partial charge in [0.25, 0.3) is 0 Å². The van der Waals surface area contributed by atoms with Crippen LogP contribution in [0.1, 0.15) is 33.5 Å². The lowest BCUT2D eigenvalue weighted by Crippen LogP contribution is -2.04. The van der Waals surface area contributed by atoms with Crippen molar-refractivity contribution in [2.45, 2.75) is 24.9 Å². The first-order chi connectivity index (χ1) is 13.2. The number of ketones is 1. The number of carbonyl (C=O) groups excluding carboxylic acids is 1. The zero-order valence-electron chi connectivity index (χ0n) is 15.2. The zero-order valence-corrected chi connectivity index (χ0v) is 16.9. The molecule has 0 bridgehead atoms. The highest BCUT2D eigenvalue weighted by molar-refractivity contribution is 7.99. The Labute approximate surface area is 165 Å². The minimum atomic E-state index is 0.0994. The van der Waals surface area contributed by atoms with E-state index >= 15 is 0 Å². The second-order valence-corrected chi connectivity index (χ2v) is 8.30. The van der Waals surface area contributed by atoms with Gasteiger partial charge in [-0.3, -0.25) is 4.79 Å². The van der Waals surface area contributed by atoms with Crippen molar-refractivity contribution in [3.8, 4) is 0 Å². The van der Waals surface area contributed by atoms with Crippen LogP contribution in [0.15, 0.2) is 47.1 Å². The summed E-state index contributed by atoms with van der Waals surface area (Å²) in [7, 11) is 1.95. The molecular formula is C20H20N4OS2. The van der Waals surface area contributed by atoms with E-state index in [-0.39, 0.29) is 5.78 Å². The number of para-hydroxylation sites is 1. The third kappa shape index (κ3) is 3.57. The van der Waals surface area contributed by atoms with Crippen LogP contribution >= 0.6 is 23.1 Å². The summed E-state index contributed by atoms with van der Waals surface area (Å²) in [5.74, 6) is 1.35. The first kappa shape index (κ1) is 18.0. The highest BCUT2D eigenvalue weighted by Crippen LogP contribution is 2.25. The van der Waals surface area contributed by atoms with Crippen LogP contribution in [-0.2, 0) is 19.9 Å². The lowest BCUT2D eigenvalue weighted by atomic mass is 10.1. The van der Waals surface area contributed by atoms with Gasteiger partial charge in [-0.1, -0.05) is 43.0 Å². The molecule has 1 N–H and O–H groups in total. The molecule has 0 aliphatic heterocycles. The van der Waals surface area contributed by atoms with Gasteiger partial charge in [-0.2, -0.15) is 0 Å². The number of nitrogens with one attached hydrogen (secondary N) is 1. The fraction of sp³-hybridized carbons (Fsp3) is 0.250. The fourth-order valence-corrected chi connectivity index (χ4v) is 4.66. The van der Waals surface area contributed by atoms with Crippen molar-refractivity contribution in [1.29, 1.82) is 0 Å². The van der Waals surface area contributed by atoms with Crippen molar-refractivity contribution in [1.82, 2.24) is 19.7 Å². The standard InChI is InChI=1S/C20H20N4OS2/c1-3-13-6-4-8-15-16(11-21-19(13)15)17(25)12-27-20-23-22-18(24(20)2)10-14-7-5-9-26-14/h4-9,11,21H,3,10,12H2,1-2H3. The van der Waals surface area contributed by atoms with Gasteiger partial charge in [-0.05, 0) is 23.4 Å². The number of aromatic nitrogens is 4.